The monoisotopic (exact) mass is 541 g/mol. The number of aromatic nitrogens is 2. The highest BCUT2D eigenvalue weighted by molar-refractivity contribution is 7.99. The number of para-hydroxylation sites is 2. The summed E-state index contributed by atoms with van der Waals surface area (Å²) in [4.78, 5) is 33.2. The van der Waals surface area contributed by atoms with Crippen molar-refractivity contribution in [3.8, 4) is 11.4 Å². The summed E-state index contributed by atoms with van der Waals surface area (Å²) >= 11 is 1.62. The van der Waals surface area contributed by atoms with E-state index in [1.807, 2.05) is 18.2 Å². The molecule has 3 aromatic rings. The largest absolute Gasteiger partial charge is 0.492 e. The molecule has 1 fully saturated rings. The summed E-state index contributed by atoms with van der Waals surface area (Å²) in [6, 6.07) is 10.6. The van der Waals surface area contributed by atoms with Gasteiger partial charge < -0.3 is 20.7 Å². The van der Waals surface area contributed by atoms with Gasteiger partial charge in [0.1, 0.15) is 12.4 Å². The van der Waals surface area contributed by atoms with Crippen LogP contribution in [0.1, 0.15) is 30.5 Å². The Morgan fingerprint density at radius 1 is 1.18 bits per heavy atom. The Bertz CT molecular complexity index is 1400. The van der Waals surface area contributed by atoms with Crippen LogP contribution in [0.4, 0.5) is 14.5 Å². The molecule has 38 heavy (non-hydrogen) atoms. The van der Waals surface area contributed by atoms with Crippen molar-refractivity contribution in [1.29, 1.82) is 0 Å². The summed E-state index contributed by atoms with van der Waals surface area (Å²) < 4.78 is 33.3. The number of thioether (sulfide) groups is 1. The van der Waals surface area contributed by atoms with Crippen LogP contribution in [0, 0.1) is 11.6 Å². The molecule has 0 unspecified atom stereocenters. The number of anilines is 1. The lowest BCUT2D eigenvalue weighted by Gasteiger charge is -2.30. The molecule has 8 nitrogen and oxygen atoms in total. The number of amides is 1. The number of nitrogens with zero attached hydrogens (tertiary/aromatic N) is 3. The first-order valence-electron chi connectivity index (χ1n) is 12.6. The third-order valence-corrected chi connectivity index (χ3v) is 8.06. The molecule has 1 amide bonds. The normalized spacial score (nSPS) is 15.2. The molecule has 1 aliphatic heterocycles. The molecule has 5 rings (SSSR count). The second kappa shape index (κ2) is 11.5. The van der Waals surface area contributed by atoms with E-state index in [2.05, 4.69) is 5.32 Å². The molecule has 1 saturated carbocycles. The topological polar surface area (TPSA) is 102 Å². The third kappa shape index (κ3) is 5.68. The Hall–Kier alpha value is -3.44. The van der Waals surface area contributed by atoms with Crippen LogP contribution in [-0.2, 0) is 17.8 Å². The number of nitrogen functional groups attached to an aromatic ring is 1. The smallest absolute Gasteiger partial charge is 0.264 e. The van der Waals surface area contributed by atoms with E-state index in [1.54, 1.807) is 27.3 Å². The molecule has 2 aromatic carbocycles. The van der Waals surface area contributed by atoms with Gasteiger partial charge in [0.25, 0.3) is 5.56 Å². The summed E-state index contributed by atoms with van der Waals surface area (Å²) in [5.41, 5.74) is 8.37. The van der Waals surface area contributed by atoms with Crippen LogP contribution >= 0.6 is 11.8 Å². The number of nitrogens with one attached hydrogen (secondary N) is 1. The Kier molecular flexibility index (Phi) is 7.94. The van der Waals surface area contributed by atoms with E-state index in [1.165, 1.54) is 12.5 Å². The van der Waals surface area contributed by atoms with Crippen LogP contribution in [0.25, 0.3) is 5.69 Å². The zero-order valence-electron chi connectivity index (χ0n) is 20.8. The van der Waals surface area contributed by atoms with Gasteiger partial charge in [-0.3, -0.25) is 14.2 Å². The lowest BCUT2D eigenvalue weighted by atomic mass is 10.0. The molecule has 0 atom stereocenters. The number of carbonyl (C=O) groups is 1. The van der Waals surface area contributed by atoms with Gasteiger partial charge in [-0.15, -0.1) is 0 Å². The van der Waals surface area contributed by atoms with Gasteiger partial charge in [-0.2, -0.15) is 0 Å². The van der Waals surface area contributed by atoms with Crippen LogP contribution in [0.2, 0.25) is 0 Å². The quantitative estimate of drug-likeness (QED) is 0.244. The zero-order valence-corrected chi connectivity index (χ0v) is 21.6. The first-order valence-corrected chi connectivity index (χ1v) is 13.5. The van der Waals surface area contributed by atoms with Crippen molar-refractivity contribution in [1.82, 2.24) is 19.8 Å². The maximum absolute atomic E-state index is 13.8. The fourth-order valence-electron chi connectivity index (χ4n) is 4.40. The van der Waals surface area contributed by atoms with Gasteiger partial charge in [0.15, 0.2) is 16.8 Å². The molecule has 1 aliphatic carbocycles. The zero-order chi connectivity index (χ0) is 26.6. The van der Waals surface area contributed by atoms with Crippen LogP contribution in [-0.4, -0.2) is 51.8 Å². The Morgan fingerprint density at radius 2 is 2.00 bits per heavy atom. The summed E-state index contributed by atoms with van der Waals surface area (Å²) in [6.45, 7) is 1.21. The van der Waals surface area contributed by atoms with Crippen molar-refractivity contribution in [2.45, 2.75) is 42.6 Å². The second-order valence-corrected chi connectivity index (χ2v) is 10.6. The van der Waals surface area contributed by atoms with E-state index < -0.39 is 11.6 Å². The van der Waals surface area contributed by atoms with Gasteiger partial charge >= 0.3 is 0 Å². The highest BCUT2D eigenvalue weighted by Crippen LogP contribution is 2.37. The fourth-order valence-corrected chi connectivity index (χ4v) is 5.72. The Morgan fingerprint density at radius 3 is 2.74 bits per heavy atom. The predicted molar refractivity (Wildman–Crippen MR) is 142 cm³/mol. The number of nitrogens with two attached hydrogens (primary N) is 1. The van der Waals surface area contributed by atoms with Crippen LogP contribution in [0.3, 0.4) is 0 Å². The van der Waals surface area contributed by atoms with E-state index >= 15 is 0 Å². The second-order valence-electron chi connectivity index (χ2n) is 9.36. The van der Waals surface area contributed by atoms with Gasteiger partial charge in [-0.25, -0.2) is 13.8 Å². The van der Waals surface area contributed by atoms with E-state index in [4.69, 9.17) is 15.5 Å². The molecule has 2 heterocycles. The minimum atomic E-state index is -0.978. The average Bonchev–Trinajstić information content (AvgIpc) is 2.88. The molecular formula is C27H29F2N5O3S. The predicted octanol–water partition coefficient (Wildman–Crippen LogP) is 3.29. The Balaban J connectivity index is 1.25. The standard InChI is InChI=1S/C27H29F2N5O3S/c28-20-9-8-17(14-21(20)29)37-13-11-31-15-25(35)33-12-10-23-19(16-33)26(36)34(24-7-2-1-6-22(24)30)27(32-23)38-18-4-3-5-18/h1-2,6-9,14,18,31H,3-5,10-13,15-16,30H2. The lowest BCUT2D eigenvalue weighted by molar-refractivity contribution is -0.131. The SMILES string of the molecule is Nc1ccccc1-n1c(SC2CCC2)nc2c(c1=O)CN(C(=O)CNCCOc1ccc(F)c(F)c1)CC2. The van der Waals surface area contributed by atoms with Gasteiger partial charge in [0.05, 0.1) is 35.7 Å². The summed E-state index contributed by atoms with van der Waals surface area (Å²) in [7, 11) is 0. The number of hydrogen-bond donors (Lipinski definition) is 2. The molecule has 0 bridgehead atoms. The van der Waals surface area contributed by atoms with Gasteiger partial charge in [-0.05, 0) is 37.1 Å². The number of fused-ring (bicyclic) bond motifs is 1. The third-order valence-electron chi connectivity index (χ3n) is 6.77. The average molecular weight is 542 g/mol. The van der Waals surface area contributed by atoms with Crippen molar-refractivity contribution in [3.63, 3.8) is 0 Å². The molecule has 11 heteroatoms. The maximum Gasteiger partial charge on any atom is 0.264 e. The van der Waals surface area contributed by atoms with Crippen LogP contribution < -0.4 is 21.3 Å². The first-order chi connectivity index (χ1) is 18.4. The maximum atomic E-state index is 13.8. The number of halogens is 2. The number of benzene rings is 2. The van der Waals surface area contributed by atoms with E-state index in [0.717, 1.165) is 30.7 Å². The molecule has 0 radical (unpaired) electrons. The van der Waals surface area contributed by atoms with E-state index in [-0.39, 0.29) is 36.9 Å². The summed E-state index contributed by atoms with van der Waals surface area (Å²) in [5, 5.41) is 4.09. The highest BCUT2D eigenvalue weighted by Gasteiger charge is 2.29. The van der Waals surface area contributed by atoms with E-state index in [0.29, 0.717) is 46.9 Å². The molecule has 0 spiro atoms. The Labute approximate surface area is 223 Å². The number of carbonyl (C=O) groups excluding carboxylic acids is 1. The van der Waals surface area contributed by atoms with Crippen molar-refractivity contribution in [2.75, 3.05) is 32.0 Å². The molecule has 200 valence electrons. The fraction of sp³-hybridized carbons (Fsp3) is 0.370. The van der Waals surface area contributed by atoms with Crippen LogP contribution in [0.5, 0.6) is 5.75 Å². The van der Waals surface area contributed by atoms with Gasteiger partial charge in [-0.1, -0.05) is 30.3 Å². The summed E-state index contributed by atoms with van der Waals surface area (Å²) in [6.07, 6.45) is 3.88. The minimum absolute atomic E-state index is 0.0549. The minimum Gasteiger partial charge on any atom is -0.492 e. The first kappa shape index (κ1) is 26.2. The number of ether oxygens (including phenoxy) is 1. The van der Waals surface area contributed by atoms with Crippen LogP contribution in [0.15, 0.2) is 52.4 Å². The molecule has 0 saturated heterocycles. The molecular weight excluding hydrogens is 512 g/mol. The van der Waals surface area contributed by atoms with E-state index in [9.17, 15) is 18.4 Å². The van der Waals surface area contributed by atoms with Gasteiger partial charge in [0.2, 0.25) is 5.91 Å². The molecule has 3 N–H and O–H groups in total. The van der Waals surface area contributed by atoms with Crippen molar-refractivity contribution in [2.24, 2.45) is 0 Å². The van der Waals surface area contributed by atoms with Gasteiger partial charge in [0, 0.05) is 30.8 Å². The lowest BCUT2D eigenvalue weighted by Crippen LogP contribution is -2.44. The van der Waals surface area contributed by atoms with Crippen molar-refractivity contribution < 1.29 is 18.3 Å². The number of hydrogen-bond acceptors (Lipinski definition) is 7. The number of rotatable bonds is 9. The molecule has 1 aromatic heterocycles. The molecule has 2 aliphatic rings. The highest BCUT2D eigenvalue weighted by atomic mass is 32.2. The summed E-state index contributed by atoms with van der Waals surface area (Å²) in [5.74, 6) is -1.86. The van der Waals surface area contributed by atoms with Crippen molar-refractivity contribution >= 4 is 23.4 Å². The van der Waals surface area contributed by atoms with Crippen molar-refractivity contribution in [3.05, 3.63) is 75.7 Å².